The van der Waals surface area contributed by atoms with Gasteiger partial charge in [0.1, 0.15) is 0 Å². The van der Waals surface area contributed by atoms with Gasteiger partial charge in [-0.2, -0.15) is 0 Å². The van der Waals surface area contributed by atoms with Gasteiger partial charge in [0.15, 0.2) is 0 Å². The van der Waals surface area contributed by atoms with Gasteiger partial charge < -0.3 is 0 Å². The summed E-state index contributed by atoms with van der Waals surface area (Å²) >= 11 is 0. The van der Waals surface area contributed by atoms with E-state index in [1.54, 1.807) is 0 Å². The monoisotopic (exact) mass is 327 g/mol. The molecule has 0 saturated heterocycles. The third-order valence-corrected chi connectivity index (χ3v) is 4.82. The zero-order valence-corrected chi connectivity index (χ0v) is 16.5. The SMILES string of the molecule is CC(C)c1cc(C(C)C)c(-c2cccc(CP)n2)c(C(C)C)c1. The largest absolute Gasteiger partial charge is 0.252 e. The fourth-order valence-electron chi connectivity index (χ4n) is 2.98. The maximum Gasteiger partial charge on any atom is 0.0711 e. The van der Waals surface area contributed by atoms with Crippen molar-refractivity contribution in [1.82, 2.24) is 4.98 Å². The molecular weight excluding hydrogens is 297 g/mol. The molecule has 124 valence electrons. The van der Waals surface area contributed by atoms with Crippen molar-refractivity contribution in [3.63, 3.8) is 0 Å². The first-order chi connectivity index (χ1) is 10.8. The molecule has 0 spiro atoms. The summed E-state index contributed by atoms with van der Waals surface area (Å²) in [6.45, 7) is 13.7. The second-order valence-electron chi connectivity index (χ2n) is 7.26. The van der Waals surface area contributed by atoms with Crippen molar-refractivity contribution in [2.45, 2.75) is 65.5 Å². The van der Waals surface area contributed by atoms with Gasteiger partial charge in [0.2, 0.25) is 0 Å². The lowest BCUT2D eigenvalue weighted by Gasteiger charge is -2.23. The van der Waals surface area contributed by atoms with Crippen molar-refractivity contribution < 1.29 is 0 Å². The molecule has 0 aliphatic rings. The van der Waals surface area contributed by atoms with Crippen LogP contribution in [0.15, 0.2) is 30.3 Å². The zero-order valence-electron chi connectivity index (χ0n) is 15.4. The van der Waals surface area contributed by atoms with Gasteiger partial charge in [-0.25, -0.2) is 0 Å². The minimum Gasteiger partial charge on any atom is -0.252 e. The summed E-state index contributed by atoms with van der Waals surface area (Å²) in [5, 5.41) is 0. The molecule has 1 atom stereocenters. The fraction of sp³-hybridized carbons (Fsp3) is 0.476. The number of pyridine rings is 1. The second kappa shape index (κ2) is 7.58. The molecule has 23 heavy (non-hydrogen) atoms. The Morgan fingerprint density at radius 2 is 1.43 bits per heavy atom. The van der Waals surface area contributed by atoms with Crippen LogP contribution in [0.5, 0.6) is 0 Å². The molecule has 0 N–H and O–H groups in total. The van der Waals surface area contributed by atoms with Crippen molar-refractivity contribution in [3.8, 4) is 11.3 Å². The number of benzene rings is 1. The topological polar surface area (TPSA) is 12.9 Å². The molecule has 0 bridgehead atoms. The minimum absolute atomic E-state index is 0.489. The van der Waals surface area contributed by atoms with Crippen LogP contribution < -0.4 is 0 Å². The van der Waals surface area contributed by atoms with E-state index in [9.17, 15) is 0 Å². The van der Waals surface area contributed by atoms with E-state index in [1.807, 2.05) is 0 Å². The van der Waals surface area contributed by atoms with Gasteiger partial charge in [-0.3, -0.25) is 4.98 Å². The Hall–Kier alpha value is -1.20. The Kier molecular flexibility index (Phi) is 5.98. The Labute approximate surface area is 144 Å². The molecule has 0 aliphatic heterocycles. The van der Waals surface area contributed by atoms with E-state index in [4.69, 9.17) is 4.98 Å². The molecule has 2 rings (SSSR count). The van der Waals surface area contributed by atoms with E-state index >= 15 is 0 Å². The van der Waals surface area contributed by atoms with Gasteiger partial charge in [0.25, 0.3) is 0 Å². The predicted molar refractivity (Wildman–Crippen MR) is 105 cm³/mol. The van der Waals surface area contributed by atoms with Crippen molar-refractivity contribution in [2.75, 3.05) is 0 Å². The van der Waals surface area contributed by atoms with Gasteiger partial charge in [0, 0.05) is 17.4 Å². The van der Waals surface area contributed by atoms with Crippen LogP contribution in [0.1, 0.15) is 81.7 Å². The van der Waals surface area contributed by atoms with E-state index in [1.165, 1.54) is 22.3 Å². The summed E-state index contributed by atoms with van der Waals surface area (Å²) in [4.78, 5) is 4.90. The highest BCUT2D eigenvalue weighted by Gasteiger charge is 2.19. The van der Waals surface area contributed by atoms with Crippen LogP contribution in [-0.4, -0.2) is 4.98 Å². The molecular formula is C21H30NP. The highest BCUT2D eigenvalue weighted by molar-refractivity contribution is 7.15. The number of hydrogen-bond donors (Lipinski definition) is 0. The number of nitrogens with zero attached hydrogens (tertiary/aromatic N) is 1. The van der Waals surface area contributed by atoms with Crippen molar-refractivity contribution in [3.05, 3.63) is 52.7 Å². The maximum absolute atomic E-state index is 4.90. The molecule has 1 nitrogen and oxygen atoms in total. The molecule has 0 fully saturated rings. The Balaban J connectivity index is 2.77. The maximum atomic E-state index is 4.90. The minimum atomic E-state index is 0.489. The molecule has 1 heterocycles. The molecule has 0 radical (unpaired) electrons. The smallest absolute Gasteiger partial charge is 0.0711 e. The molecule has 2 aromatic rings. The lowest BCUT2D eigenvalue weighted by Crippen LogP contribution is -2.05. The van der Waals surface area contributed by atoms with Gasteiger partial charge in [-0.05, 0) is 46.6 Å². The molecule has 0 aliphatic carbocycles. The summed E-state index contributed by atoms with van der Waals surface area (Å²) in [7, 11) is 2.77. The molecule has 1 aromatic carbocycles. The predicted octanol–water partition coefficient (Wildman–Crippen LogP) is 6.49. The first kappa shape index (κ1) is 18.1. The molecule has 0 saturated carbocycles. The van der Waals surface area contributed by atoms with Crippen LogP contribution >= 0.6 is 9.24 Å². The van der Waals surface area contributed by atoms with Gasteiger partial charge >= 0.3 is 0 Å². The standard InChI is InChI=1S/C21H30NP/c1-13(2)16-10-18(14(3)4)21(19(11-16)15(5)6)20-9-7-8-17(12-23)22-20/h7-11,13-15H,12,23H2,1-6H3. The van der Waals surface area contributed by atoms with E-state index in [0.717, 1.165) is 17.5 Å². The van der Waals surface area contributed by atoms with Crippen LogP contribution in [0.25, 0.3) is 11.3 Å². The van der Waals surface area contributed by atoms with Crippen molar-refractivity contribution in [2.24, 2.45) is 0 Å². The second-order valence-corrected chi connectivity index (χ2v) is 7.66. The van der Waals surface area contributed by atoms with E-state index in [0.29, 0.717) is 17.8 Å². The van der Waals surface area contributed by atoms with Crippen LogP contribution in [0.2, 0.25) is 0 Å². The van der Waals surface area contributed by atoms with Crippen LogP contribution in [0.4, 0.5) is 0 Å². The number of rotatable bonds is 5. The Morgan fingerprint density at radius 1 is 0.870 bits per heavy atom. The van der Waals surface area contributed by atoms with E-state index in [2.05, 4.69) is 81.1 Å². The van der Waals surface area contributed by atoms with Crippen LogP contribution in [0.3, 0.4) is 0 Å². The van der Waals surface area contributed by atoms with Crippen molar-refractivity contribution in [1.29, 1.82) is 0 Å². The van der Waals surface area contributed by atoms with E-state index < -0.39 is 0 Å². The average molecular weight is 327 g/mol. The molecule has 2 heteroatoms. The average Bonchev–Trinajstić information content (AvgIpc) is 2.53. The summed E-state index contributed by atoms with van der Waals surface area (Å²) < 4.78 is 0. The summed E-state index contributed by atoms with van der Waals surface area (Å²) in [6.07, 6.45) is 0.895. The Morgan fingerprint density at radius 3 is 1.87 bits per heavy atom. The molecule has 0 amide bonds. The van der Waals surface area contributed by atoms with Crippen LogP contribution in [-0.2, 0) is 6.16 Å². The summed E-state index contributed by atoms with van der Waals surface area (Å²) in [6, 6.07) is 11.2. The third kappa shape index (κ3) is 4.01. The van der Waals surface area contributed by atoms with Crippen molar-refractivity contribution >= 4 is 9.24 Å². The quantitative estimate of drug-likeness (QED) is 0.572. The Bertz CT molecular complexity index is 642. The summed E-state index contributed by atoms with van der Waals surface area (Å²) in [5.41, 5.74) is 7.88. The summed E-state index contributed by atoms with van der Waals surface area (Å²) in [5.74, 6) is 1.52. The zero-order chi connectivity index (χ0) is 17.1. The molecule has 1 unspecified atom stereocenters. The third-order valence-electron chi connectivity index (χ3n) is 4.40. The first-order valence-corrected chi connectivity index (χ1v) is 9.50. The first-order valence-electron chi connectivity index (χ1n) is 8.69. The van der Waals surface area contributed by atoms with Gasteiger partial charge in [-0.1, -0.05) is 59.7 Å². The number of hydrogen-bond acceptors (Lipinski definition) is 1. The lowest BCUT2D eigenvalue weighted by atomic mass is 9.83. The number of aromatic nitrogens is 1. The highest BCUT2D eigenvalue weighted by atomic mass is 31.0. The van der Waals surface area contributed by atoms with Crippen LogP contribution in [0, 0.1) is 0 Å². The van der Waals surface area contributed by atoms with Gasteiger partial charge in [0.05, 0.1) is 5.69 Å². The lowest BCUT2D eigenvalue weighted by molar-refractivity contribution is 0.806. The van der Waals surface area contributed by atoms with E-state index in [-0.39, 0.29) is 0 Å². The molecule has 1 aromatic heterocycles. The van der Waals surface area contributed by atoms with Gasteiger partial charge in [-0.15, -0.1) is 9.24 Å². The normalized spacial score (nSPS) is 11.7. The fourth-order valence-corrected chi connectivity index (χ4v) is 3.21. The highest BCUT2D eigenvalue weighted by Crippen LogP contribution is 2.38.